The Balaban J connectivity index is 1.65. The van der Waals surface area contributed by atoms with Crippen LogP contribution < -0.4 is 5.32 Å². The molecule has 2 aromatic heterocycles. The van der Waals surface area contributed by atoms with E-state index in [0.29, 0.717) is 17.9 Å². The van der Waals surface area contributed by atoms with Crippen LogP contribution in [0, 0.1) is 6.92 Å². The Hall–Kier alpha value is -2.24. The largest absolute Gasteiger partial charge is 0.455 e. The van der Waals surface area contributed by atoms with Crippen molar-refractivity contribution in [1.29, 1.82) is 0 Å². The molecule has 0 spiro atoms. The van der Waals surface area contributed by atoms with Crippen molar-refractivity contribution in [3.8, 4) is 0 Å². The minimum absolute atomic E-state index is 0.0908. The fraction of sp³-hybridized carbons (Fsp3) is 0.320. The van der Waals surface area contributed by atoms with Gasteiger partial charge in [-0.2, -0.15) is 11.3 Å². The first-order valence-electron chi connectivity index (χ1n) is 10.0. The summed E-state index contributed by atoms with van der Waals surface area (Å²) in [7, 11) is 0. The highest BCUT2D eigenvalue weighted by atomic mass is 32.2. The number of nitrogens with one attached hydrogen (secondary N) is 1. The van der Waals surface area contributed by atoms with Crippen LogP contribution in [0.3, 0.4) is 0 Å². The zero-order valence-corrected chi connectivity index (χ0v) is 19.7. The van der Waals surface area contributed by atoms with E-state index in [9.17, 15) is 4.79 Å². The number of thioether (sulfide) groups is 1. The predicted molar refractivity (Wildman–Crippen MR) is 127 cm³/mol. The smallest absolute Gasteiger partial charge is 0.287 e. The summed E-state index contributed by atoms with van der Waals surface area (Å²) in [6, 6.07) is 12.2. The van der Waals surface area contributed by atoms with Gasteiger partial charge in [0, 0.05) is 4.90 Å². The van der Waals surface area contributed by atoms with Crippen molar-refractivity contribution >= 4 is 29.0 Å². The summed E-state index contributed by atoms with van der Waals surface area (Å²) < 4.78 is 5.84. The summed E-state index contributed by atoms with van der Waals surface area (Å²) in [6.07, 6.45) is 2.50. The van der Waals surface area contributed by atoms with Crippen LogP contribution in [0.2, 0.25) is 0 Å². The monoisotopic (exact) mass is 439 g/mol. The highest BCUT2D eigenvalue weighted by Crippen LogP contribution is 2.32. The third-order valence-electron chi connectivity index (χ3n) is 4.96. The van der Waals surface area contributed by atoms with Crippen molar-refractivity contribution in [1.82, 2.24) is 5.32 Å². The molecule has 1 amide bonds. The molecule has 0 aliphatic rings. The van der Waals surface area contributed by atoms with Gasteiger partial charge in [0.05, 0.1) is 11.8 Å². The van der Waals surface area contributed by atoms with E-state index in [4.69, 9.17) is 4.42 Å². The molecular weight excluding hydrogens is 410 g/mol. The molecule has 5 heteroatoms. The van der Waals surface area contributed by atoms with Crippen LogP contribution in [0.1, 0.15) is 66.2 Å². The second kappa shape index (κ2) is 9.71. The van der Waals surface area contributed by atoms with Crippen molar-refractivity contribution in [3.05, 3.63) is 88.0 Å². The molecule has 2 heterocycles. The van der Waals surface area contributed by atoms with E-state index >= 15 is 0 Å². The first-order chi connectivity index (χ1) is 14.3. The third-order valence-corrected chi connectivity index (χ3v) is 6.84. The van der Waals surface area contributed by atoms with Crippen molar-refractivity contribution < 1.29 is 9.21 Å². The fourth-order valence-corrected chi connectivity index (χ4v) is 4.77. The lowest BCUT2D eigenvalue weighted by Crippen LogP contribution is -2.27. The van der Waals surface area contributed by atoms with Gasteiger partial charge in [-0.05, 0) is 70.5 Å². The van der Waals surface area contributed by atoms with E-state index in [1.807, 2.05) is 29.0 Å². The molecule has 0 saturated carbocycles. The van der Waals surface area contributed by atoms with Gasteiger partial charge >= 0.3 is 0 Å². The third kappa shape index (κ3) is 5.67. The van der Waals surface area contributed by atoms with E-state index in [2.05, 4.69) is 57.8 Å². The Bertz CT molecular complexity index is 997. The number of hydrogen-bond acceptors (Lipinski definition) is 4. The summed E-state index contributed by atoms with van der Waals surface area (Å²) in [4.78, 5) is 13.9. The van der Waals surface area contributed by atoms with Crippen molar-refractivity contribution in [2.45, 2.75) is 56.2 Å². The molecule has 3 rings (SSSR count). The quantitative estimate of drug-likeness (QED) is 0.296. The van der Waals surface area contributed by atoms with Crippen LogP contribution in [0.4, 0.5) is 0 Å². The molecule has 158 valence electrons. The molecule has 1 N–H and O–H groups in total. The molecule has 30 heavy (non-hydrogen) atoms. The molecular formula is C25H29NO2S2. The van der Waals surface area contributed by atoms with Gasteiger partial charge < -0.3 is 9.73 Å². The molecule has 0 radical (unpaired) electrons. The number of furan rings is 1. The topological polar surface area (TPSA) is 42.2 Å². The lowest BCUT2D eigenvalue weighted by atomic mass is 9.87. The van der Waals surface area contributed by atoms with Crippen molar-refractivity contribution in [2.75, 3.05) is 0 Å². The highest BCUT2D eigenvalue weighted by Gasteiger charge is 2.18. The second-order valence-corrected chi connectivity index (χ2v) is 10.2. The molecule has 3 nitrogen and oxygen atoms in total. The van der Waals surface area contributed by atoms with E-state index in [1.54, 1.807) is 29.2 Å². The molecule has 3 aromatic rings. The van der Waals surface area contributed by atoms with Crippen LogP contribution in [0.15, 0.2) is 69.1 Å². The lowest BCUT2D eigenvalue weighted by molar-refractivity contribution is 0.0907. The summed E-state index contributed by atoms with van der Waals surface area (Å²) in [5.74, 6) is 1.62. The zero-order valence-electron chi connectivity index (χ0n) is 18.0. The normalized spacial score (nSPS) is 12.5. The Kier molecular flexibility index (Phi) is 7.27. The second-order valence-electron chi connectivity index (χ2n) is 8.39. The van der Waals surface area contributed by atoms with Gasteiger partial charge in [0.15, 0.2) is 5.76 Å². The maximum Gasteiger partial charge on any atom is 0.287 e. The first-order valence-corrected chi connectivity index (χ1v) is 12.0. The lowest BCUT2D eigenvalue weighted by Gasteiger charge is -2.20. The zero-order chi connectivity index (χ0) is 21.7. The van der Waals surface area contributed by atoms with Gasteiger partial charge in [-0.15, -0.1) is 18.3 Å². The summed E-state index contributed by atoms with van der Waals surface area (Å²) in [6.45, 7) is 12.6. The summed E-state index contributed by atoms with van der Waals surface area (Å²) >= 11 is 3.36. The average Bonchev–Trinajstić information content (AvgIpc) is 3.38. The van der Waals surface area contributed by atoms with Crippen LogP contribution in [-0.2, 0) is 11.2 Å². The molecule has 1 atom stereocenters. The first kappa shape index (κ1) is 22.4. The summed E-state index contributed by atoms with van der Waals surface area (Å²) in [5.41, 5.74) is 3.77. The maximum absolute atomic E-state index is 12.7. The van der Waals surface area contributed by atoms with Crippen LogP contribution in [0.5, 0.6) is 0 Å². The number of amides is 1. The van der Waals surface area contributed by atoms with Crippen LogP contribution in [0.25, 0.3) is 0 Å². The standard InChI is InChI=1S/C25H29NO2S2/c1-6-7-21(18-12-13-29-15-18)26-24(27)22-11-10-20(28-22)16-30-23-14-19(25(3,4)5)9-8-17(23)2/h6,8-15,21H,1,7,16H2,2-5H3,(H,26,27). The Morgan fingerprint density at radius 1 is 1.27 bits per heavy atom. The Morgan fingerprint density at radius 2 is 2.07 bits per heavy atom. The van der Waals surface area contributed by atoms with Gasteiger partial charge in [-0.1, -0.05) is 39.0 Å². The number of hydrogen-bond donors (Lipinski definition) is 1. The number of aryl methyl sites for hydroxylation is 1. The van der Waals surface area contributed by atoms with Crippen LogP contribution in [-0.4, -0.2) is 5.91 Å². The minimum Gasteiger partial charge on any atom is -0.455 e. The fourth-order valence-electron chi connectivity index (χ4n) is 3.10. The number of rotatable bonds is 8. The van der Waals surface area contributed by atoms with Gasteiger partial charge in [-0.3, -0.25) is 4.79 Å². The van der Waals surface area contributed by atoms with Gasteiger partial charge in [-0.25, -0.2) is 0 Å². The number of carbonyl (C=O) groups excluding carboxylic acids is 1. The molecule has 1 unspecified atom stereocenters. The SMILES string of the molecule is C=CCC(NC(=O)c1ccc(CSc2cc(C(C)(C)C)ccc2C)o1)c1ccsc1. The molecule has 0 fully saturated rings. The molecule has 0 bridgehead atoms. The number of thiophene rings is 1. The predicted octanol–water partition coefficient (Wildman–Crippen LogP) is 7.29. The van der Waals surface area contributed by atoms with Gasteiger partial charge in [0.25, 0.3) is 5.91 Å². The number of benzene rings is 1. The van der Waals surface area contributed by atoms with Gasteiger partial charge in [0.2, 0.25) is 0 Å². The minimum atomic E-state index is -0.199. The van der Waals surface area contributed by atoms with Crippen LogP contribution >= 0.6 is 23.1 Å². The van der Waals surface area contributed by atoms with E-state index in [-0.39, 0.29) is 17.4 Å². The average molecular weight is 440 g/mol. The Labute approximate surface area is 187 Å². The highest BCUT2D eigenvalue weighted by molar-refractivity contribution is 7.98. The molecule has 1 aromatic carbocycles. The molecule has 0 aliphatic heterocycles. The van der Waals surface area contributed by atoms with E-state index < -0.39 is 0 Å². The maximum atomic E-state index is 12.7. The molecule has 0 aliphatic carbocycles. The van der Waals surface area contributed by atoms with Crippen molar-refractivity contribution in [3.63, 3.8) is 0 Å². The van der Waals surface area contributed by atoms with E-state index in [0.717, 1.165) is 11.3 Å². The Morgan fingerprint density at radius 3 is 2.73 bits per heavy atom. The van der Waals surface area contributed by atoms with E-state index in [1.165, 1.54) is 16.0 Å². The van der Waals surface area contributed by atoms with Gasteiger partial charge in [0.1, 0.15) is 5.76 Å². The summed E-state index contributed by atoms with van der Waals surface area (Å²) in [5, 5.41) is 7.11. The van der Waals surface area contributed by atoms with Crippen molar-refractivity contribution in [2.24, 2.45) is 0 Å². The number of carbonyl (C=O) groups is 1. The molecule has 0 saturated heterocycles.